The molecule has 4 nitrogen and oxygen atoms in total. The zero-order valence-corrected chi connectivity index (χ0v) is 13.5. The van der Waals surface area contributed by atoms with Crippen LogP contribution in [0.1, 0.15) is 0 Å². The summed E-state index contributed by atoms with van der Waals surface area (Å²) in [5.41, 5.74) is 3.20. The van der Waals surface area contributed by atoms with E-state index in [1.807, 2.05) is 73.6 Å². The van der Waals surface area contributed by atoms with Gasteiger partial charge >= 0.3 is 0 Å². The molecule has 0 fully saturated rings. The average Bonchev–Trinajstić information content (AvgIpc) is 3.06. The molecule has 0 aliphatic carbocycles. The summed E-state index contributed by atoms with van der Waals surface area (Å²) in [6, 6.07) is 18.2. The largest absolute Gasteiger partial charge is 0.490 e. The standard InChI is InChI=1S/C19H21N3O/c1-21(2)12-13-23-19-11-7-6-10-18(19)22-15-17(14-20-22)16-8-4-3-5-9-16/h3-11,14-15H,12-13H2,1-2H3. The maximum Gasteiger partial charge on any atom is 0.145 e. The molecule has 3 aromatic rings. The normalized spacial score (nSPS) is 10.9. The van der Waals surface area contributed by atoms with Crippen molar-refractivity contribution in [1.29, 1.82) is 0 Å². The Morgan fingerprint density at radius 3 is 2.48 bits per heavy atom. The Morgan fingerprint density at radius 1 is 0.957 bits per heavy atom. The zero-order chi connectivity index (χ0) is 16.1. The Hall–Kier alpha value is -2.59. The highest BCUT2D eigenvalue weighted by Crippen LogP contribution is 2.25. The summed E-state index contributed by atoms with van der Waals surface area (Å²) in [5.74, 6) is 0.845. The van der Waals surface area contributed by atoms with Crippen LogP contribution in [0.2, 0.25) is 0 Å². The molecule has 0 bridgehead atoms. The van der Waals surface area contributed by atoms with E-state index in [1.165, 1.54) is 0 Å². The van der Waals surface area contributed by atoms with Crippen LogP contribution in [-0.2, 0) is 0 Å². The molecular formula is C19H21N3O. The maximum absolute atomic E-state index is 5.91. The van der Waals surface area contributed by atoms with Gasteiger partial charge in [0.05, 0.1) is 6.20 Å². The van der Waals surface area contributed by atoms with Gasteiger partial charge in [-0.1, -0.05) is 42.5 Å². The molecule has 1 aromatic heterocycles. The highest BCUT2D eigenvalue weighted by atomic mass is 16.5. The number of ether oxygens (including phenoxy) is 1. The lowest BCUT2D eigenvalue weighted by molar-refractivity contribution is 0.260. The van der Waals surface area contributed by atoms with E-state index in [9.17, 15) is 0 Å². The van der Waals surface area contributed by atoms with Gasteiger partial charge < -0.3 is 9.64 Å². The number of likely N-dealkylation sites (N-methyl/N-ethyl adjacent to an activating group) is 1. The molecule has 118 valence electrons. The van der Waals surface area contributed by atoms with Gasteiger partial charge in [-0.25, -0.2) is 4.68 Å². The van der Waals surface area contributed by atoms with Crippen LogP contribution in [0, 0.1) is 0 Å². The lowest BCUT2D eigenvalue weighted by Crippen LogP contribution is -2.19. The van der Waals surface area contributed by atoms with E-state index in [0.717, 1.165) is 29.1 Å². The predicted octanol–water partition coefficient (Wildman–Crippen LogP) is 3.48. The average molecular weight is 307 g/mol. The van der Waals surface area contributed by atoms with Gasteiger partial charge in [-0.05, 0) is 31.8 Å². The fourth-order valence-electron chi connectivity index (χ4n) is 2.34. The summed E-state index contributed by atoms with van der Waals surface area (Å²) >= 11 is 0. The van der Waals surface area contributed by atoms with Crippen molar-refractivity contribution in [3.8, 4) is 22.6 Å². The molecule has 4 heteroatoms. The van der Waals surface area contributed by atoms with Crippen molar-refractivity contribution < 1.29 is 4.74 Å². The first-order chi connectivity index (χ1) is 11.2. The quantitative estimate of drug-likeness (QED) is 0.698. The minimum Gasteiger partial charge on any atom is -0.490 e. The first-order valence-electron chi connectivity index (χ1n) is 7.71. The van der Waals surface area contributed by atoms with Crippen molar-refractivity contribution in [2.24, 2.45) is 0 Å². The summed E-state index contributed by atoms with van der Waals surface area (Å²) in [5, 5.41) is 4.49. The van der Waals surface area contributed by atoms with E-state index in [2.05, 4.69) is 22.1 Å². The molecule has 2 aromatic carbocycles. The zero-order valence-electron chi connectivity index (χ0n) is 13.5. The summed E-state index contributed by atoms with van der Waals surface area (Å²) in [4.78, 5) is 2.10. The fraction of sp³-hybridized carbons (Fsp3) is 0.211. The van der Waals surface area contributed by atoms with Crippen LogP contribution in [0.15, 0.2) is 67.0 Å². The van der Waals surface area contributed by atoms with Gasteiger partial charge in [0, 0.05) is 18.3 Å². The molecule has 0 amide bonds. The SMILES string of the molecule is CN(C)CCOc1ccccc1-n1cc(-c2ccccc2)cn1. The molecule has 0 N–H and O–H groups in total. The Kier molecular flexibility index (Phi) is 4.74. The highest BCUT2D eigenvalue weighted by molar-refractivity contribution is 5.62. The molecule has 0 unspecified atom stereocenters. The van der Waals surface area contributed by atoms with Crippen LogP contribution in [0.25, 0.3) is 16.8 Å². The predicted molar refractivity (Wildman–Crippen MR) is 93.0 cm³/mol. The van der Waals surface area contributed by atoms with Crippen LogP contribution in [0.4, 0.5) is 0 Å². The minimum absolute atomic E-state index is 0.650. The van der Waals surface area contributed by atoms with Crippen LogP contribution >= 0.6 is 0 Å². The molecule has 0 saturated carbocycles. The number of benzene rings is 2. The molecule has 0 atom stereocenters. The number of nitrogens with zero attached hydrogens (tertiary/aromatic N) is 3. The van der Waals surface area contributed by atoms with Crippen molar-refractivity contribution in [2.75, 3.05) is 27.2 Å². The molecule has 23 heavy (non-hydrogen) atoms. The van der Waals surface area contributed by atoms with Crippen molar-refractivity contribution in [3.63, 3.8) is 0 Å². The van der Waals surface area contributed by atoms with E-state index in [4.69, 9.17) is 4.74 Å². The highest BCUT2D eigenvalue weighted by Gasteiger charge is 2.08. The summed E-state index contributed by atoms with van der Waals surface area (Å²) in [6.45, 7) is 1.53. The second kappa shape index (κ2) is 7.11. The first kappa shape index (κ1) is 15.3. The fourth-order valence-corrected chi connectivity index (χ4v) is 2.34. The second-order valence-electron chi connectivity index (χ2n) is 5.66. The summed E-state index contributed by atoms with van der Waals surface area (Å²) in [7, 11) is 4.07. The Bertz CT molecular complexity index is 750. The molecular weight excluding hydrogens is 286 g/mol. The van der Waals surface area contributed by atoms with Crippen molar-refractivity contribution in [1.82, 2.24) is 14.7 Å². The molecule has 3 rings (SSSR count). The van der Waals surface area contributed by atoms with Gasteiger partial charge in [-0.2, -0.15) is 5.10 Å². The van der Waals surface area contributed by atoms with Crippen molar-refractivity contribution in [3.05, 3.63) is 67.0 Å². The van der Waals surface area contributed by atoms with E-state index < -0.39 is 0 Å². The van der Waals surface area contributed by atoms with Crippen LogP contribution in [0.5, 0.6) is 5.75 Å². The lowest BCUT2D eigenvalue weighted by Gasteiger charge is -2.13. The van der Waals surface area contributed by atoms with E-state index in [1.54, 1.807) is 0 Å². The lowest BCUT2D eigenvalue weighted by atomic mass is 10.1. The maximum atomic E-state index is 5.91. The Morgan fingerprint density at radius 2 is 1.70 bits per heavy atom. The molecule has 0 saturated heterocycles. The number of rotatable bonds is 6. The smallest absolute Gasteiger partial charge is 0.145 e. The van der Waals surface area contributed by atoms with Crippen LogP contribution in [-0.4, -0.2) is 41.9 Å². The van der Waals surface area contributed by atoms with Gasteiger partial charge in [-0.15, -0.1) is 0 Å². The van der Waals surface area contributed by atoms with Gasteiger partial charge in [0.15, 0.2) is 0 Å². The second-order valence-corrected chi connectivity index (χ2v) is 5.66. The molecule has 0 aliphatic heterocycles. The minimum atomic E-state index is 0.650. The first-order valence-corrected chi connectivity index (χ1v) is 7.71. The topological polar surface area (TPSA) is 30.3 Å². The van der Waals surface area contributed by atoms with E-state index in [0.29, 0.717) is 6.61 Å². The Labute approximate surface area is 136 Å². The van der Waals surface area contributed by atoms with Gasteiger partial charge in [0.1, 0.15) is 18.0 Å². The van der Waals surface area contributed by atoms with Gasteiger partial charge in [0.2, 0.25) is 0 Å². The number of hydrogen-bond donors (Lipinski definition) is 0. The van der Waals surface area contributed by atoms with Crippen molar-refractivity contribution in [2.45, 2.75) is 0 Å². The van der Waals surface area contributed by atoms with Crippen LogP contribution in [0.3, 0.4) is 0 Å². The van der Waals surface area contributed by atoms with E-state index in [-0.39, 0.29) is 0 Å². The van der Waals surface area contributed by atoms with Crippen LogP contribution < -0.4 is 4.74 Å². The number of aromatic nitrogens is 2. The molecule has 0 aliphatic rings. The van der Waals surface area contributed by atoms with Gasteiger partial charge in [0.25, 0.3) is 0 Å². The van der Waals surface area contributed by atoms with E-state index >= 15 is 0 Å². The monoisotopic (exact) mass is 307 g/mol. The molecule has 1 heterocycles. The summed E-state index contributed by atoms with van der Waals surface area (Å²) < 4.78 is 7.78. The summed E-state index contributed by atoms with van der Waals surface area (Å²) in [6.07, 6.45) is 3.91. The number of para-hydroxylation sites is 2. The van der Waals surface area contributed by atoms with Gasteiger partial charge in [-0.3, -0.25) is 0 Å². The third-order valence-corrected chi connectivity index (χ3v) is 3.60. The Balaban J connectivity index is 1.83. The molecule has 0 spiro atoms. The van der Waals surface area contributed by atoms with Crippen molar-refractivity contribution >= 4 is 0 Å². The third kappa shape index (κ3) is 3.79. The third-order valence-electron chi connectivity index (χ3n) is 3.60. The molecule has 0 radical (unpaired) electrons. The number of hydrogen-bond acceptors (Lipinski definition) is 3.